The molecule has 0 aromatic carbocycles. The Morgan fingerprint density at radius 3 is 2.85 bits per heavy atom. The zero-order valence-electron chi connectivity index (χ0n) is 8.32. The Labute approximate surface area is 78.0 Å². The fourth-order valence-corrected chi connectivity index (χ4v) is 1.05. The molecule has 0 atom stereocenters. The average Bonchev–Trinajstić information content (AvgIpc) is 2.51. The van der Waals surface area contributed by atoms with Gasteiger partial charge in [-0.3, -0.25) is 4.79 Å². The lowest BCUT2D eigenvalue weighted by atomic mass is 10.1. The van der Waals surface area contributed by atoms with Gasteiger partial charge in [0.15, 0.2) is 0 Å². The Morgan fingerprint density at radius 2 is 2.31 bits per heavy atom. The van der Waals surface area contributed by atoms with Gasteiger partial charge in [-0.05, 0) is 6.92 Å². The van der Waals surface area contributed by atoms with E-state index in [1.165, 1.54) is 6.33 Å². The monoisotopic (exact) mass is 181 g/mol. The molecule has 0 fully saturated rings. The molecule has 4 heteroatoms. The van der Waals surface area contributed by atoms with Crippen LogP contribution in [0.3, 0.4) is 0 Å². The summed E-state index contributed by atoms with van der Waals surface area (Å²) in [6.45, 7) is 6.54. The molecule has 0 bridgehead atoms. The number of carbonyl (C=O) groups excluding carboxylic acids is 1. The van der Waals surface area contributed by atoms with E-state index in [1.807, 2.05) is 20.8 Å². The number of nitrogens with zero attached hydrogens (tertiary/aromatic N) is 3. The summed E-state index contributed by atoms with van der Waals surface area (Å²) < 4.78 is 1.75. The summed E-state index contributed by atoms with van der Waals surface area (Å²) in [4.78, 5) is 15.4. The molecule has 13 heavy (non-hydrogen) atoms. The van der Waals surface area contributed by atoms with Crippen molar-refractivity contribution >= 4 is 5.78 Å². The Bertz CT molecular complexity index is 291. The van der Waals surface area contributed by atoms with Gasteiger partial charge in [0.1, 0.15) is 17.9 Å². The summed E-state index contributed by atoms with van der Waals surface area (Å²) in [5.74, 6) is 1.05. The average molecular weight is 181 g/mol. The third-order valence-electron chi connectivity index (χ3n) is 1.97. The van der Waals surface area contributed by atoms with Crippen molar-refractivity contribution in [2.24, 2.45) is 5.92 Å². The Balaban J connectivity index is 2.68. The highest BCUT2D eigenvalue weighted by molar-refractivity contribution is 5.81. The van der Waals surface area contributed by atoms with Crippen molar-refractivity contribution in [1.82, 2.24) is 14.8 Å². The summed E-state index contributed by atoms with van der Waals surface area (Å²) in [7, 11) is 0. The minimum atomic E-state index is 0.0713. The molecule has 1 heterocycles. The van der Waals surface area contributed by atoms with Gasteiger partial charge in [0.2, 0.25) is 0 Å². The van der Waals surface area contributed by atoms with Crippen LogP contribution in [0.2, 0.25) is 0 Å². The Kier molecular flexibility index (Phi) is 3.17. The molecule has 0 N–H and O–H groups in total. The maximum Gasteiger partial charge on any atom is 0.142 e. The normalized spacial score (nSPS) is 10.8. The molecular weight excluding hydrogens is 166 g/mol. The summed E-state index contributed by atoms with van der Waals surface area (Å²) >= 11 is 0. The van der Waals surface area contributed by atoms with E-state index in [0.717, 1.165) is 12.4 Å². The van der Waals surface area contributed by atoms with Crippen molar-refractivity contribution in [3.63, 3.8) is 0 Å². The standard InChI is InChI=1S/C9H15N3O/c1-4-12-9(10-6-11-12)5-8(13)7(2)3/h6-7H,4-5H2,1-3H3. The molecule has 0 radical (unpaired) electrons. The van der Waals surface area contributed by atoms with E-state index in [4.69, 9.17) is 0 Å². The number of hydrogen-bond acceptors (Lipinski definition) is 3. The maximum absolute atomic E-state index is 11.4. The predicted molar refractivity (Wildman–Crippen MR) is 49.2 cm³/mol. The van der Waals surface area contributed by atoms with E-state index in [-0.39, 0.29) is 11.7 Å². The van der Waals surface area contributed by atoms with E-state index in [0.29, 0.717) is 6.42 Å². The zero-order chi connectivity index (χ0) is 9.84. The first-order valence-electron chi connectivity index (χ1n) is 4.54. The van der Waals surface area contributed by atoms with Gasteiger partial charge in [0.25, 0.3) is 0 Å². The maximum atomic E-state index is 11.4. The van der Waals surface area contributed by atoms with Crippen LogP contribution < -0.4 is 0 Å². The molecular formula is C9H15N3O. The van der Waals surface area contributed by atoms with Gasteiger partial charge >= 0.3 is 0 Å². The first kappa shape index (κ1) is 9.89. The van der Waals surface area contributed by atoms with E-state index in [9.17, 15) is 4.79 Å². The lowest BCUT2D eigenvalue weighted by Crippen LogP contribution is -2.14. The Morgan fingerprint density at radius 1 is 1.62 bits per heavy atom. The predicted octanol–water partition coefficient (Wildman–Crippen LogP) is 1.07. The molecule has 1 aromatic heterocycles. The first-order chi connectivity index (χ1) is 6.15. The van der Waals surface area contributed by atoms with Gasteiger partial charge in [0, 0.05) is 12.5 Å². The van der Waals surface area contributed by atoms with Crippen LogP contribution in [0.4, 0.5) is 0 Å². The van der Waals surface area contributed by atoms with Crippen molar-refractivity contribution in [3.05, 3.63) is 12.2 Å². The molecule has 0 aliphatic rings. The van der Waals surface area contributed by atoms with Crippen LogP contribution in [-0.4, -0.2) is 20.5 Å². The van der Waals surface area contributed by atoms with Gasteiger partial charge in [0.05, 0.1) is 6.42 Å². The molecule has 0 saturated heterocycles. The Hall–Kier alpha value is -1.19. The van der Waals surface area contributed by atoms with Gasteiger partial charge in [-0.2, -0.15) is 5.10 Å². The summed E-state index contributed by atoms with van der Waals surface area (Å²) in [5, 5.41) is 4.00. The summed E-state index contributed by atoms with van der Waals surface area (Å²) in [5.41, 5.74) is 0. The largest absolute Gasteiger partial charge is 0.299 e. The number of Topliss-reactive ketones (excluding diaryl/α,β-unsaturated/α-hetero) is 1. The topological polar surface area (TPSA) is 47.8 Å². The minimum Gasteiger partial charge on any atom is -0.299 e. The highest BCUT2D eigenvalue weighted by Crippen LogP contribution is 2.02. The van der Waals surface area contributed by atoms with E-state index < -0.39 is 0 Å². The van der Waals surface area contributed by atoms with E-state index in [2.05, 4.69) is 10.1 Å². The highest BCUT2D eigenvalue weighted by Gasteiger charge is 2.11. The van der Waals surface area contributed by atoms with E-state index in [1.54, 1.807) is 4.68 Å². The van der Waals surface area contributed by atoms with Crippen LogP contribution in [0.5, 0.6) is 0 Å². The minimum absolute atomic E-state index is 0.0713. The van der Waals surface area contributed by atoms with Crippen LogP contribution in [-0.2, 0) is 17.8 Å². The van der Waals surface area contributed by atoms with Gasteiger partial charge in [-0.15, -0.1) is 0 Å². The molecule has 4 nitrogen and oxygen atoms in total. The molecule has 0 amide bonds. The molecule has 0 unspecified atom stereocenters. The van der Waals surface area contributed by atoms with Crippen molar-refractivity contribution in [3.8, 4) is 0 Å². The zero-order valence-corrected chi connectivity index (χ0v) is 8.32. The molecule has 0 aliphatic carbocycles. The third-order valence-corrected chi connectivity index (χ3v) is 1.97. The molecule has 0 saturated carbocycles. The fraction of sp³-hybridized carbons (Fsp3) is 0.667. The van der Waals surface area contributed by atoms with Gasteiger partial charge in [-0.25, -0.2) is 9.67 Å². The number of ketones is 1. The second-order valence-corrected chi connectivity index (χ2v) is 3.29. The number of aryl methyl sites for hydroxylation is 1. The fourth-order valence-electron chi connectivity index (χ4n) is 1.05. The van der Waals surface area contributed by atoms with E-state index >= 15 is 0 Å². The third kappa shape index (κ3) is 2.37. The second-order valence-electron chi connectivity index (χ2n) is 3.29. The molecule has 1 rings (SSSR count). The van der Waals surface area contributed by atoms with Crippen LogP contribution >= 0.6 is 0 Å². The van der Waals surface area contributed by atoms with Crippen molar-refractivity contribution < 1.29 is 4.79 Å². The molecule has 1 aromatic rings. The SMILES string of the molecule is CCn1ncnc1CC(=O)C(C)C. The van der Waals surface area contributed by atoms with Crippen LogP contribution in [0, 0.1) is 5.92 Å². The summed E-state index contributed by atoms with van der Waals surface area (Å²) in [6.07, 6.45) is 1.89. The highest BCUT2D eigenvalue weighted by atomic mass is 16.1. The first-order valence-corrected chi connectivity index (χ1v) is 4.54. The smallest absolute Gasteiger partial charge is 0.142 e. The van der Waals surface area contributed by atoms with Crippen molar-refractivity contribution in [2.45, 2.75) is 33.7 Å². The quantitative estimate of drug-likeness (QED) is 0.698. The van der Waals surface area contributed by atoms with Crippen LogP contribution in [0.25, 0.3) is 0 Å². The number of hydrogen-bond donors (Lipinski definition) is 0. The lowest BCUT2D eigenvalue weighted by molar-refractivity contribution is -0.121. The number of aromatic nitrogens is 3. The molecule has 0 spiro atoms. The van der Waals surface area contributed by atoms with Crippen molar-refractivity contribution in [1.29, 1.82) is 0 Å². The van der Waals surface area contributed by atoms with Crippen molar-refractivity contribution in [2.75, 3.05) is 0 Å². The molecule has 72 valence electrons. The van der Waals surface area contributed by atoms with Crippen LogP contribution in [0.15, 0.2) is 6.33 Å². The summed E-state index contributed by atoms with van der Waals surface area (Å²) in [6, 6.07) is 0. The second kappa shape index (κ2) is 4.16. The van der Waals surface area contributed by atoms with Gasteiger partial charge in [-0.1, -0.05) is 13.8 Å². The lowest BCUT2D eigenvalue weighted by Gasteiger charge is -2.04. The number of rotatable bonds is 4. The van der Waals surface area contributed by atoms with Crippen LogP contribution in [0.1, 0.15) is 26.6 Å². The number of carbonyl (C=O) groups is 1. The molecule has 0 aliphatic heterocycles. The van der Waals surface area contributed by atoms with Gasteiger partial charge < -0.3 is 0 Å².